The van der Waals surface area contributed by atoms with Crippen molar-refractivity contribution in [2.24, 2.45) is 5.73 Å². The molecule has 0 saturated heterocycles. The number of aromatic hydroxyl groups is 1. The van der Waals surface area contributed by atoms with E-state index in [9.17, 15) is 10.4 Å². The predicted molar refractivity (Wildman–Crippen MR) is 128 cm³/mol. The smallest absolute Gasteiger partial charge is 0.205 e. The van der Waals surface area contributed by atoms with Crippen LogP contribution < -0.4 is 19.9 Å². The molecule has 0 spiro atoms. The van der Waals surface area contributed by atoms with Gasteiger partial charge < -0.3 is 25.1 Å². The number of halogens is 2. The zero-order valence-electron chi connectivity index (χ0n) is 17.6. The zero-order chi connectivity index (χ0) is 23.5. The maximum Gasteiger partial charge on any atom is 0.205 e. The second-order valence-corrected chi connectivity index (χ2v) is 8.62. The summed E-state index contributed by atoms with van der Waals surface area (Å²) in [6.07, 6.45) is 0. The first-order valence-electron chi connectivity index (χ1n) is 10.1. The lowest BCUT2D eigenvalue weighted by Gasteiger charge is -2.27. The van der Waals surface area contributed by atoms with Crippen LogP contribution in [0.2, 0.25) is 5.02 Å². The number of benzene rings is 3. The van der Waals surface area contributed by atoms with Crippen LogP contribution in [0, 0.1) is 11.3 Å². The highest BCUT2D eigenvalue weighted by Crippen LogP contribution is 2.47. The standard InChI is InChI=1S/C25H20BrClN2O4/c1-2-31-22-10-15(9-20(26)24(22)32-13-14-4-3-5-16(27)8-14)23-18-7-6-17(30)11-21(18)33-25(29)19(23)12-28/h3-11,23,30H,2,13,29H2,1H3/t23-/m1/s1. The molecule has 4 rings (SSSR count). The molecule has 1 aliphatic rings. The summed E-state index contributed by atoms with van der Waals surface area (Å²) in [5, 5.41) is 20.3. The van der Waals surface area contributed by atoms with Crippen molar-refractivity contribution < 1.29 is 19.3 Å². The van der Waals surface area contributed by atoms with E-state index in [-0.39, 0.29) is 17.2 Å². The molecule has 0 aromatic heterocycles. The first-order chi connectivity index (χ1) is 15.9. The first-order valence-corrected chi connectivity index (χ1v) is 11.3. The quantitative estimate of drug-likeness (QED) is 0.408. The number of phenols is 1. The van der Waals surface area contributed by atoms with Crippen LogP contribution in [0.15, 0.2) is 70.5 Å². The molecule has 1 aliphatic heterocycles. The summed E-state index contributed by atoms with van der Waals surface area (Å²) in [4.78, 5) is 0. The van der Waals surface area contributed by atoms with E-state index in [1.165, 1.54) is 6.07 Å². The minimum absolute atomic E-state index is 0.00374. The van der Waals surface area contributed by atoms with Crippen LogP contribution in [-0.4, -0.2) is 11.7 Å². The summed E-state index contributed by atoms with van der Waals surface area (Å²) in [6.45, 7) is 2.60. The lowest BCUT2D eigenvalue weighted by atomic mass is 9.83. The molecule has 0 unspecified atom stereocenters. The molecule has 3 aromatic rings. The third-order valence-electron chi connectivity index (χ3n) is 5.14. The molecule has 1 atom stereocenters. The zero-order valence-corrected chi connectivity index (χ0v) is 20.0. The first kappa shape index (κ1) is 22.8. The average Bonchev–Trinajstić information content (AvgIpc) is 2.77. The number of allylic oxidation sites excluding steroid dienone is 1. The fourth-order valence-corrected chi connectivity index (χ4v) is 4.51. The van der Waals surface area contributed by atoms with Crippen molar-refractivity contribution in [3.63, 3.8) is 0 Å². The van der Waals surface area contributed by atoms with Gasteiger partial charge in [-0.25, -0.2) is 0 Å². The number of nitrogens with zero attached hydrogens (tertiary/aromatic N) is 1. The fourth-order valence-electron chi connectivity index (χ4n) is 3.73. The molecule has 0 saturated carbocycles. The Hall–Kier alpha value is -3.34. The van der Waals surface area contributed by atoms with E-state index in [4.69, 9.17) is 31.5 Å². The third-order valence-corrected chi connectivity index (χ3v) is 5.96. The molecule has 0 amide bonds. The summed E-state index contributed by atoms with van der Waals surface area (Å²) >= 11 is 9.68. The highest BCUT2D eigenvalue weighted by molar-refractivity contribution is 9.10. The van der Waals surface area contributed by atoms with Gasteiger partial charge in [-0.05, 0) is 64.3 Å². The number of fused-ring (bicyclic) bond motifs is 1. The monoisotopic (exact) mass is 526 g/mol. The van der Waals surface area contributed by atoms with Crippen LogP contribution in [0.25, 0.3) is 0 Å². The fraction of sp³-hybridized carbons (Fsp3) is 0.160. The summed E-state index contributed by atoms with van der Waals surface area (Å²) in [6, 6.07) is 18.0. The minimum atomic E-state index is -0.503. The van der Waals surface area contributed by atoms with Gasteiger partial charge in [0.15, 0.2) is 11.5 Å². The number of ether oxygens (including phenoxy) is 3. The maximum atomic E-state index is 9.86. The molecule has 33 heavy (non-hydrogen) atoms. The van der Waals surface area contributed by atoms with E-state index >= 15 is 0 Å². The predicted octanol–water partition coefficient (Wildman–Crippen LogP) is 6.00. The van der Waals surface area contributed by atoms with Gasteiger partial charge in [0.25, 0.3) is 0 Å². The Morgan fingerprint density at radius 2 is 2.00 bits per heavy atom. The third kappa shape index (κ3) is 4.72. The molecule has 168 valence electrons. The summed E-state index contributed by atoms with van der Waals surface area (Å²) < 4.78 is 18.2. The van der Waals surface area contributed by atoms with Crippen molar-refractivity contribution >= 4 is 27.5 Å². The molecule has 3 N–H and O–H groups in total. The molecular formula is C25H20BrClN2O4. The molecular weight excluding hydrogens is 508 g/mol. The van der Waals surface area contributed by atoms with Crippen molar-refractivity contribution in [1.29, 1.82) is 5.26 Å². The van der Waals surface area contributed by atoms with Crippen molar-refractivity contribution in [3.05, 3.63) is 92.2 Å². The molecule has 1 heterocycles. The number of hydrogen-bond donors (Lipinski definition) is 2. The molecule has 0 fully saturated rings. The van der Waals surface area contributed by atoms with E-state index in [2.05, 4.69) is 22.0 Å². The van der Waals surface area contributed by atoms with Crippen molar-refractivity contribution in [3.8, 4) is 29.1 Å². The van der Waals surface area contributed by atoms with Gasteiger partial charge in [0.2, 0.25) is 5.88 Å². The molecule has 3 aromatic carbocycles. The largest absolute Gasteiger partial charge is 0.508 e. The average molecular weight is 528 g/mol. The van der Waals surface area contributed by atoms with E-state index in [0.29, 0.717) is 45.5 Å². The Morgan fingerprint density at radius 3 is 2.73 bits per heavy atom. The van der Waals surface area contributed by atoms with Gasteiger partial charge in [-0.15, -0.1) is 0 Å². The molecule has 0 radical (unpaired) electrons. The number of hydrogen-bond acceptors (Lipinski definition) is 6. The van der Waals surface area contributed by atoms with Crippen LogP contribution in [0.1, 0.15) is 29.5 Å². The van der Waals surface area contributed by atoms with Crippen LogP contribution in [-0.2, 0) is 6.61 Å². The van der Waals surface area contributed by atoms with E-state index in [1.54, 1.807) is 18.2 Å². The number of nitrogens with two attached hydrogens (primary N) is 1. The van der Waals surface area contributed by atoms with Crippen molar-refractivity contribution in [2.45, 2.75) is 19.4 Å². The van der Waals surface area contributed by atoms with Gasteiger partial charge in [-0.3, -0.25) is 0 Å². The summed E-state index contributed by atoms with van der Waals surface area (Å²) in [7, 11) is 0. The maximum absolute atomic E-state index is 9.86. The summed E-state index contributed by atoms with van der Waals surface area (Å²) in [5.74, 6) is 0.988. The normalized spacial score (nSPS) is 14.8. The lowest BCUT2D eigenvalue weighted by molar-refractivity contribution is 0.267. The van der Waals surface area contributed by atoms with Gasteiger partial charge >= 0.3 is 0 Å². The Morgan fingerprint density at radius 1 is 1.18 bits per heavy atom. The second-order valence-electron chi connectivity index (χ2n) is 7.33. The van der Waals surface area contributed by atoms with Crippen LogP contribution in [0.4, 0.5) is 0 Å². The van der Waals surface area contributed by atoms with Crippen LogP contribution >= 0.6 is 27.5 Å². The highest BCUT2D eigenvalue weighted by atomic mass is 79.9. The van der Waals surface area contributed by atoms with Crippen molar-refractivity contribution in [2.75, 3.05) is 6.61 Å². The number of nitriles is 1. The van der Waals surface area contributed by atoms with E-state index < -0.39 is 5.92 Å². The molecule has 0 bridgehead atoms. The second kappa shape index (κ2) is 9.65. The Labute approximate surface area is 204 Å². The Kier molecular flexibility index (Phi) is 6.68. The van der Waals surface area contributed by atoms with E-state index in [0.717, 1.165) is 11.1 Å². The minimum Gasteiger partial charge on any atom is -0.508 e. The molecule has 0 aliphatic carbocycles. The van der Waals surface area contributed by atoms with Crippen molar-refractivity contribution in [1.82, 2.24) is 0 Å². The SMILES string of the molecule is CCOc1cc([C@H]2C(C#N)=C(N)Oc3cc(O)ccc32)cc(Br)c1OCc1cccc(Cl)c1. The van der Waals surface area contributed by atoms with Gasteiger partial charge in [-0.1, -0.05) is 29.8 Å². The highest BCUT2D eigenvalue weighted by Gasteiger charge is 2.32. The van der Waals surface area contributed by atoms with Crippen LogP contribution in [0.3, 0.4) is 0 Å². The Balaban J connectivity index is 1.76. The van der Waals surface area contributed by atoms with Gasteiger partial charge in [-0.2, -0.15) is 5.26 Å². The topological polar surface area (TPSA) is 97.7 Å². The molecule has 6 nitrogen and oxygen atoms in total. The summed E-state index contributed by atoms with van der Waals surface area (Å²) in [5.41, 5.74) is 8.71. The Bertz CT molecular complexity index is 1290. The van der Waals surface area contributed by atoms with Gasteiger partial charge in [0.05, 0.1) is 17.0 Å². The van der Waals surface area contributed by atoms with E-state index in [1.807, 2.05) is 37.3 Å². The lowest BCUT2D eigenvalue weighted by Crippen LogP contribution is -2.21. The number of phenolic OH excluding ortho intramolecular Hbond substituents is 1. The van der Waals surface area contributed by atoms with Gasteiger partial charge in [0, 0.05) is 16.7 Å². The van der Waals surface area contributed by atoms with Crippen LogP contribution in [0.5, 0.6) is 23.0 Å². The number of rotatable bonds is 6. The molecule has 8 heteroatoms. The van der Waals surface area contributed by atoms with Gasteiger partial charge in [0.1, 0.15) is 29.7 Å².